The SMILES string of the molecule is C.CB=S.CC#N.CC#N.CCCC[Si](C)(C)O[Si](C)(C)O[Si](C)(C)O[Si](C)(C)O[Si](C)(C)CCCO.CCCC[Si](C)(C)O[Si](C)(C)O[Si](C)(C)O[Si](C)(C)O[Si](C)(C)CCCOC(=O)c1ccc(CBr)cc1.CCCC[Si](C)(C)O[Si](C)(C)O[Si](C)(C)O[Si](C)(C)O[Si](C)(C)CCCOC(=O)c1ccc(CSC(=S)OCC)cc1.CCOC(=S)S.O=C(Br)c1ccc(CBr)cc1.PB=NS.[B][B][B].[CH3-].[H-].[K+].[K+]. The summed E-state index contributed by atoms with van der Waals surface area (Å²) >= 11 is 32.1. The minimum absolute atomic E-state index is 0. The first-order valence-electron chi connectivity index (χ1n) is 47.3. The molecule has 0 saturated heterocycles. The number of hydrogen-bond donors (Lipinski definition) is 3. The van der Waals surface area contributed by atoms with Gasteiger partial charge in [-0.1, -0.05) is 172 Å². The van der Waals surface area contributed by atoms with Crippen LogP contribution in [0.5, 0.6) is 0 Å². The van der Waals surface area contributed by atoms with Crippen molar-refractivity contribution in [2.45, 2.75) is 370 Å². The first-order chi connectivity index (χ1) is 63.5. The smallest absolute Gasteiger partial charge is 1.00 e. The molecule has 0 aliphatic rings. The van der Waals surface area contributed by atoms with E-state index in [2.05, 4.69) is 348 Å². The molecular formula is C88H185B5Br3K2N3O20PS6Si15. The number of thiocarbonyl (C=S) groups is 2. The van der Waals surface area contributed by atoms with Crippen LogP contribution in [0.25, 0.3) is 0 Å². The molecule has 0 aliphatic heterocycles. The van der Waals surface area contributed by atoms with Crippen molar-refractivity contribution in [3.05, 3.63) is 114 Å². The molecule has 3 aromatic carbocycles. The number of carbonyl (C=O) groups excluding carboxylic acids is 3. The molecule has 0 amide bonds. The Morgan fingerprint density at radius 1 is 0.441 bits per heavy atom. The van der Waals surface area contributed by atoms with Gasteiger partial charge in [0.15, 0.2) is 49.9 Å². The number of esters is 2. The summed E-state index contributed by atoms with van der Waals surface area (Å²) in [5.41, 5.74) is 5.19. The largest absolute Gasteiger partial charge is 1.00 e. The fourth-order valence-corrected chi connectivity index (χ4v) is 91.0. The third-order valence-electron chi connectivity index (χ3n) is 17.6. The number of ether oxygens (including phenoxy) is 4. The number of aliphatic hydroxyl groups is 1. The van der Waals surface area contributed by atoms with Crippen molar-refractivity contribution in [1.82, 2.24) is 0 Å². The maximum atomic E-state index is 12.6. The molecule has 0 aromatic heterocycles. The molecule has 0 heterocycles. The Morgan fingerprint density at radius 2 is 0.643 bits per heavy atom. The Kier molecular flexibility index (Phi) is 107. The van der Waals surface area contributed by atoms with Gasteiger partial charge < -0.3 is 82.3 Å². The second-order valence-corrected chi connectivity index (χ2v) is 104. The van der Waals surface area contributed by atoms with Gasteiger partial charge in [0, 0.05) is 65.0 Å². The van der Waals surface area contributed by atoms with E-state index >= 15 is 0 Å². The quantitative estimate of drug-likeness (QED) is 0.00545. The molecule has 1 unspecified atom stereocenters. The first-order valence-corrected chi connectivity index (χ1v) is 98.2. The van der Waals surface area contributed by atoms with Crippen molar-refractivity contribution >= 4 is 318 Å². The van der Waals surface area contributed by atoms with Gasteiger partial charge in [0.25, 0.3) is 0 Å². The molecule has 3 aromatic rings. The number of unbranched alkanes of at least 4 members (excludes halogenated alkanes) is 3. The molecule has 0 spiro atoms. The topological polar surface area (TPSA) is 279 Å². The number of thiol groups is 2. The zero-order chi connectivity index (χ0) is 110. The van der Waals surface area contributed by atoms with Crippen LogP contribution in [0.15, 0.2) is 77.1 Å². The van der Waals surface area contributed by atoms with Gasteiger partial charge in [-0.3, -0.25) is 4.79 Å². The van der Waals surface area contributed by atoms with Gasteiger partial charge in [0.05, 0.1) is 49.7 Å². The molecule has 23 nitrogen and oxygen atoms in total. The van der Waals surface area contributed by atoms with E-state index < -0.39 is 127 Å². The second kappa shape index (κ2) is 90.0. The molecule has 3 rings (SSSR count). The molecule has 5 radical (unpaired) electrons. The molecule has 1 atom stereocenters. The van der Waals surface area contributed by atoms with Gasteiger partial charge in [0.2, 0.25) is 13.5 Å². The summed E-state index contributed by atoms with van der Waals surface area (Å²) in [5, 5.41) is 25.3. The van der Waals surface area contributed by atoms with E-state index in [9.17, 15) is 14.4 Å². The number of rotatable bonds is 53. The van der Waals surface area contributed by atoms with Gasteiger partial charge in [0.1, 0.15) is 0 Å². The molecule has 0 aliphatic carbocycles. The second-order valence-electron chi connectivity index (χ2n) is 39.4. The molecule has 0 fully saturated rings. The number of nitrogens with zero attached hydrogens (tertiary/aromatic N) is 3. The normalized spacial score (nSPS) is 11.7. The molecular weight excluding hydrogens is 2440 g/mol. The van der Waals surface area contributed by atoms with Crippen LogP contribution in [-0.2, 0) is 84.7 Å². The summed E-state index contributed by atoms with van der Waals surface area (Å²) in [6.07, 6.45) is 11.1. The Bertz CT molecular complexity index is 3930. The van der Waals surface area contributed by atoms with Crippen molar-refractivity contribution in [2.24, 2.45) is 4.30 Å². The van der Waals surface area contributed by atoms with E-state index in [0.717, 1.165) is 78.3 Å². The Hall–Kier alpha value is 4.30. The van der Waals surface area contributed by atoms with Crippen LogP contribution in [0, 0.1) is 30.1 Å². The van der Waals surface area contributed by atoms with E-state index in [4.69, 9.17) is 91.4 Å². The van der Waals surface area contributed by atoms with Crippen molar-refractivity contribution in [2.75, 3.05) is 33.0 Å². The van der Waals surface area contributed by atoms with Gasteiger partial charge in [-0.05, 0) is 347 Å². The molecule has 0 saturated carbocycles. The molecule has 143 heavy (non-hydrogen) atoms. The van der Waals surface area contributed by atoms with Crippen LogP contribution in [0.1, 0.15) is 163 Å². The van der Waals surface area contributed by atoms with E-state index in [1.165, 1.54) is 82.5 Å². The summed E-state index contributed by atoms with van der Waals surface area (Å²) in [6.45, 7) is 84.1. The maximum absolute atomic E-state index is 12.6. The monoisotopic (exact) mass is 2620 g/mol. The third-order valence-corrected chi connectivity index (χ3v) is 79.4. The number of carbonyl (C=O) groups is 3. The summed E-state index contributed by atoms with van der Waals surface area (Å²) in [5.74, 6) is 0.117. The summed E-state index contributed by atoms with van der Waals surface area (Å²) in [4.78, 5) is 35.6. The minimum atomic E-state index is -2.48. The fraction of sp³-hybridized carbons (Fsp3) is 0.705. The Balaban J connectivity index is -0.000000155. The van der Waals surface area contributed by atoms with Crippen LogP contribution in [-0.4, -0.2) is 226 Å². The van der Waals surface area contributed by atoms with Gasteiger partial charge >= 0.3 is 250 Å². The molecule has 55 heteroatoms. The van der Waals surface area contributed by atoms with Crippen LogP contribution < -0.4 is 103 Å². The van der Waals surface area contributed by atoms with Crippen LogP contribution in [0.4, 0.5) is 0 Å². The van der Waals surface area contributed by atoms with Gasteiger partial charge in [-0.2, -0.15) is 10.5 Å². The van der Waals surface area contributed by atoms with Gasteiger partial charge in [-0.15, -0.1) is 0 Å². The van der Waals surface area contributed by atoms with Crippen molar-refractivity contribution in [3.63, 3.8) is 0 Å². The minimum Gasteiger partial charge on any atom is -1.00 e. The molecule has 811 valence electrons. The van der Waals surface area contributed by atoms with E-state index in [1.807, 2.05) is 69.2 Å². The summed E-state index contributed by atoms with van der Waals surface area (Å²) < 4.78 is 105. The van der Waals surface area contributed by atoms with E-state index in [0.29, 0.717) is 57.6 Å². The Morgan fingerprint density at radius 3 is 0.825 bits per heavy atom. The molecule has 1 N–H and O–H groups in total. The summed E-state index contributed by atoms with van der Waals surface area (Å²) in [6, 6.07) is 32.1. The van der Waals surface area contributed by atoms with Crippen LogP contribution >= 0.6 is 131 Å². The number of benzene rings is 3. The van der Waals surface area contributed by atoms with Crippen molar-refractivity contribution in [3.8, 4) is 12.1 Å². The molecule has 0 bridgehead atoms. The number of aliphatic hydroxyl groups excluding tert-OH is 1. The predicted molar refractivity (Wildman–Crippen MR) is 677 cm³/mol. The number of thioether (sulfide) groups is 1. The van der Waals surface area contributed by atoms with Crippen LogP contribution in [0.3, 0.4) is 0 Å². The summed E-state index contributed by atoms with van der Waals surface area (Å²) in [7, 11) is -20.3. The maximum Gasteiger partial charge on any atom is 1.00 e. The average molecular weight is 2620 g/mol. The average Bonchev–Trinajstić information content (AvgIpc) is 0.818. The Labute approximate surface area is 1040 Å². The standard InChI is InChI=1S/C28H56O7S2Si5.C25H51BrO6Si5.C17H46O5Si5.C8H6Br2O.C3H6OS2.2C2H3N.CH3BS.CH4.CH3.B3.BH3NPS.2K.H/c1-13-15-22-38(3,4)32-40(7,8)34-42(11,12)35-41(9,10)33-39(5,6)23-16-21-31-27(29)26-19-17-25(18-20-26)24-37-28(36)30-14-2;1-12-13-20-33(2,3)29-35(6,7)31-37(10,11)32-36(8,9)30-34(4,5)21-14-19-28-25(27)24-17-15-23(22-26)16-18-24;1-12-13-16-23(2,3)19-25(6,7)21-27(10,11)22-26(8,9)20-24(4,5)17-14-15-18;9-5-6-1-3-7(4-2-6)8(10)11;1-2-4-3(5)6;3*1-2-3;;;1-3-2;3-1-2-4;;;/h17-20H,13-16,21-24H2,1-12H3;15-18H,12-14,19-22H2,1-11H3;18H,12-17H2,1-11H3;1-4H,5H2;2H2,1H3,(H,5,6);3*1H3;1H4;1H3;;4H,3H2;;;/q;;;;;;;;;-1;;;2*+1;-1. The number of halogens is 3. The zero-order valence-electron chi connectivity index (χ0n) is 95.9. The zero-order valence-corrected chi connectivity index (χ0v) is 127. The third kappa shape index (κ3) is 105. The first kappa shape index (κ1) is 170. The predicted octanol–water partition coefficient (Wildman–Crippen LogP) is 24.3. The van der Waals surface area contributed by atoms with Gasteiger partial charge in [-0.25, -0.2) is 9.59 Å². The number of hydrogen-bond acceptors (Lipinski definition) is 28. The van der Waals surface area contributed by atoms with Crippen molar-refractivity contribution in [1.29, 1.82) is 10.5 Å². The number of alkyl halides is 2. The number of nitriles is 2. The fourth-order valence-electron chi connectivity index (χ4n) is 14.5. The van der Waals surface area contributed by atoms with Crippen LogP contribution in [0.2, 0.25) is 239 Å². The van der Waals surface area contributed by atoms with Crippen molar-refractivity contribution < 1.29 is 192 Å². The van der Waals surface area contributed by atoms with E-state index in [1.54, 1.807) is 42.6 Å². The van der Waals surface area contributed by atoms with E-state index in [-0.39, 0.29) is 142 Å².